The first-order valence-corrected chi connectivity index (χ1v) is 10.1. The molecular weight excluding hydrogens is 352 g/mol. The van der Waals surface area contributed by atoms with Gasteiger partial charge in [0.15, 0.2) is 12.6 Å². The highest BCUT2D eigenvalue weighted by atomic mass is 32.1. The molecule has 138 valence electrons. The molecule has 2 nitrogen and oxygen atoms in total. The van der Waals surface area contributed by atoms with E-state index in [-0.39, 0.29) is 0 Å². The lowest BCUT2D eigenvalue weighted by molar-refractivity contribution is 0.111. The van der Waals surface area contributed by atoms with Gasteiger partial charge in [0, 0.05) is 10.4 Å². The molecule has 27 heavy (non-hydrogen) atoms. The zero-order chi connectivity index (χ0) is 19.6. The summed E-state index contributed by atoms with van der Waals surface area (Å²) in [7, 11) is 0. The van der Waals surface area contributed by atoms with Crippen molar-refractivity contribution in [2.75, 3.05) is 0 Å². The fraction of sp³-hybridized carbons (Fsp3) is 0.250. The predicted molar refractivity (Wildman–Crippen MR) is 114 cm³/mol. The molecule has 0 aliphatic rings. The van der Waals surface area contributed by atoms with Gasteiger partial charge in [-0.1, -0.05) is 26.0 Å². The summed E-state index contributed by atoms with van der Waals surface area (Å²) in [4.78, 5) is 24.3. The van der Waals surface area contributed by atoms with Gasteiger partial charge < -0.3 is 0 Å². The van der Waals surface area contributed by atoms with Crippen molar-refractivity contribution in [1.82, 2.24) is 0 Å². The van der Waals surface area contributed by atoms with Crippen LogP contribution in [0.25, 0.3) is 21.6 Å². The van der Waals surface area contributed by atoms with Gasteiger partial charge >= 0.3 is 0 Å². The lowest BCUT2D eigenvalue weighted by atomic mass is 9.88. The third-order valence-electron chi connectivity index (χ3n) is 5.09. The zero-order valence-corrected chi connectivity index (χ0v) is 17.1. The van der Waals surface area contributed by atoms with Crippen LogP contribution in [0.15, 0.2) is 36.4 Å². The monoisotopic (exact) mass is 376 g/mol. The smallest absolute Gasteiger partial charge is 0.160 e. The quantitative estimate of drug-likeness (QED) is 0.463. The van der Waals surface area contributed by atoms with Crippen LogP contribution in [0.2, 0.25) is 0 Å². The molecule has 0 atom stereocenters. The van der Waals surface area contributed by atoms with E-state index in [1.807, 2.05) is 19.1 Å². The Morgan fingerprint density at radius 3 is 2.07 bits per heavy atom. The first kappa shape index (κ1) is 19.2. The Morgan fingerprint density at radius 2 is 1.48 bits per heavy atom. The van der Waals surface area contributed by atoms with E-state index in [4.69, 9.17) is 0 Å². The highest BCUT2D eigenvalue weighted by Gasteiger charge is 2.14. The molecule has 0 unspecified atom stereocenters. The molecule has 0 fully saturated rings. The SMILES string of the molecule is CCc1cc(-c2c(C)cc(-c3ccc(C=O)s3)cc2CC)cc(C)c1C=O. The van der Waals surface area contributed by atoms with E-state index in [1.165, 1.54) is 33.6 Å². The van der Waals surface area contributed by atoms with E-state index in [0.717, 1.165) is 57.4 Å². The molecule has 2 aromatic carbocycles. The van der Waals surface area contributed by atoms with Gasteiger partial charge in [-0.3, -0.25) is 9.59 Å². The Hall–Kier alpha value is -2.52. The summed E-state index contributed by atoms with van der Waals surface area (Å²) < 4.78 is 0. The van der Waals surface area contributed by atoms with Gasteiger partial charge in [-0.25, -0.2) is 0 Å². The summed E-state index contributed by atoms with van der Waals surface area (Å²) in [5, 5.41) is 0. The number of thiophene rings is 1. The van der Waals surface area contributed by atoms with Crippen LogP contribution in [0.3, 0.4) is 0 Å². The fourth-order valence-corrected chi connectivity index (χ4v) is 4.55. The third-order valence-corrected chi connectivity index (χ3v) is 6.15. The highest BCUT2D eigenvalue weighted by Crippen LogP contribution is 2.36. The summed E-state index contributed by atoms with van der Waals surface area (Å²) in [6, 6.07) is 12.6. The van der Waals surface area contributed by atoms with Crippen molar-refractivity contribution in [3.8, 4) is 21.6 Å². The van der Waals surface area contributed by atoms with Gasteiger partial charge in [-0.15, -0.1) is 11.3 Å². The minimum Gasteiger partial charge on any atom is -0.298 e. The van der Waals surface area contributed by atoms with E-state index in [1.54, 1.807) is 0 Å². The van der Waals surface area contributed by atoms with E-state index in [9.17, 15) is 9.59 Å². The van der Waals surface area contributed by atoms with Crippen LogP contribution in [-0.4, -0.2) is 12.6 Å². The van der Waals surface area contributed by atoms with Crippen molar-refractivity contribution in [2.24, 2.45) is 0 Å². The molecule has 0 spiro atoms. The molecule has 1 aromatic heterocycles. The summed E-state index contributed by atoms with van der Waals surface area (Å²) in [5.74, 6) is 0. The van der Waals surface area contributed by atoms with Crippen LogP contribution in [0, 0.1) is 13.8 Å². The normalized spacial score (nSPS) is 10.8. The average molecular weight is 377 g/mol. The maximum Gasteiger partial charge on any atom is 0.160 e. The first-order chi connectivity index (χ1) is 13.0. The van der Waals surface area contributed by atoms with E-state index >= 15 is 0 Å². The number of carbonyl (C=O) groups is 2. The maximum absolute atomic E-state index is 11.4. The van der Waals surface area contributed by atoms with E-state index < -0.39 is 0 Å². The van der Waals surface area contributed by atoms with Gasteiger partial charge in [0.2, 0.25) is 0 Å². The summed E-state index contributed by atoms with van der Waals surface area (Å²) in [6.07, 6.45) is 3.63. The molecule has 0 radical (unpaired) electrons. The number of aldehydes is 2. The number of benzene rings is 2. The van der Waals surface area contributed by atoms with Crippen LogP contribution in [0.1, 0.15) is 56.1 Å². The maximum atomic E-state index is 11.4. The van der Waals surface area contributed by atoms with Crippen LogP contribution in [-0.2, 0) is 12.8 Å². The number of rotatable bonds is 6. The second-order valence-corrected chi connectivity index (χ2v) is 7.95. The van der Waals surface area contributed by atoms with E-state index in [0.29, 0.717) is 0 Å². The molecule has 1 heterocycles. The largest absolute Gasteiger partial charge is 0.298 e. The van der Waals surface area contributed by atoms with Crippen molar-refractivity contribution < 1.29 is 9.59 Å². The summed E-state index contributed by atoms with van der Waals surface area (Å²) in [6.45, 7) is 8.40. The Bertz CT molecular complexity index is 1010. The van der Waals surface area contributed by atoms with Crippen LogP contribution in [0.4, 0.5) is 0 Å². The van der Waals surface area contributed by atoms with Gasteiger partial charge in [0.05, 0.1) is 4.88 Å². The number of carbonyl (C=O) groups excluding carboxylic acids is 2. The third kappa shape index (κ3) is 3.65. The van der Waals surface area contributed by atoms with Crippen molar-refractivity contribution in [3.63, 3.8) is 0 Å². The van der Waals surface area contributed by atoms with Gasteiger partial charge in [-0.05, 0) is 89.9 Å². The molecule has 0 aliphatic heterocycles. The van der Waals surface area contributed by atoms with Crippen LogP contribution >= 0.6 is 11.3 Å². The lowest BCUT2D eigenvalue weighted by Gasteiger charge is -2.17. The topological polar surface area (TPSA) is 34.1 Å². The molecule has 3 rings (SSSR count). The molecule has 0 saturated heterocycles. The highest BCUT2D eigenvalue weighted by molar-refractivity contribution is 7.17. The average Bonchev–Trinajstić information content (AvgIpc) is 3.15. The number of aryl methyl sites for hydroxylation is 4. The molecule has 0 saturated carbocycles. The Morgan fingerprint density at radius 1 is 0.815 bits per heavy atom. The molecule has 0 aliphatic carbocycles. The van der Waals surface area contributed by atoms with Gasteiger partial charge in [0.25, 0.3) is 0 Å². The van der Waals surface area contributed by atoms with Crippen LogP contribution in [0.5, 0.6) is 0 Å². The summed E-state index contributed by atoms with van der Waals surface area (Å²) in [5.41, 5.74) is 9.02. The Labute approximate surface area is 164 Å². The Balaban J connectivity index is 2.18. The number of hydrogen-bond donors (Lipinski definition) is 0. The number of hydrogen-bond acceptors (Lipinski definition) is 3. The van der Waals surface area contributed by atoms with Gasteiger partial charge in [0.1, 0.15) is 0 Å². The van der Waals surface area contributed by atoms with Crippen molar-refractivity contribution in [2.45, 2.75) is 40.5 Å². The molecule has 3 heteroatoms. The molecule has 3 aromatic rings. The second-order valence-electron chi connectivity index (χ2n) is 6.84. The Kier molecular flexibility index (Phi) is 5.71. The second kappa shape index (κ2) is 8.01. The molecule has 0 amide bonds. The van der Waals surface area contributed by atoms with E-state index in [2.05, 4.69) is 45.0 Å². The predicted octanol–water partition coefficient (Wildman–Crippen LogP) is 6.45. The molecular formula is C24H24O2S. The minimum absolute atomic E-state index is 0.748. The first-order valence-electron chi connectivity index (χ1n) is 9.30. The van der Waals surface area contributed by atoms with Crippen LogP contribution < -0.4 is 0 Å². The lowest BCUT2D eigenvalue weighted by Crippen LogP contribution is -1.99. The van der Waals surface area contributed by atoms with Crippen molar-refractivity contribution in [1.29, 1.82) is 0 Å². The van der Waals surface area contributed by atoms with Gasteiger partial charge in [-0.2, -0.15) is 0 Å². The minimum atomic E-state index is 0.748. The summed E-state index contributed by atoms with van der Waals surface area (Å²) >= 11 is 1.52. The standard InChI is InChI=1S/C24H24O2S/c1-5-17-11-20(9-15(3)22(17)14-26)24-16(4)10-19(12-18(24)6-2)23-8-7-21(13-25)27-23/h7-14H,5-6H2,1-4H3. The molecule has 0 N–H and O–H groups in total. The molecule has 0 bridgehead atoms. The zero-order valence-electron chi connectivity index (χ0n) is 16.3. The van der Waals surface area contributed by atoms with Crippen molar-refractivity contribution in [3.05, 3.63) is 69.1 Å². The van der Waals surface area contributed by atoms with Crippen molar-refractivity contribution >= 4 is 23.9 Å². The fourth-order valence-electron chi connectivity index (χ4n) is 3.74.